The number of hydrogen-bond acceptors (Lipinski definition) is 3. The molecule has 0 saturated heterocycles. The van der Waals surface area contributed by atoms with E-state index in [4.69, 9.17) is 5.73 Å². The number of benzene rings is 2. The number of nitrogens with one attached hydrogen (secondary N) is 1. The summed E-state index contributed by atoms with van der Waals surface area (Å²) in [5.41, 5.74) is 7.97. The molecule has 0 aliphatic carbocycles. The minimum Gasteiger partial charge on any atom is -0.345 e. The van der Waals surface area contributed by atoms with Gasteiger partial charge >= 0.3 is 0 Å². The summed E-state index contributed by atoms with van der Waals surface area (Å²) in [5, 5.41) is 2.77. The van der Waals surface area contributed by atoms with Crippen molar-refractivity contribution in [2.75, 3.05) is 0 Å². The summed E-state index contributed by atoms with van der Waals surface area (Å²) >= 11 is 0. The number of nitrogens with two attached hydrogens (primary N) is 1. The molecule has 0 aliphatic heterocycles. The lowest BCUT2D eigenvalue weighted by molar-refractivity contribution is -0.127. The molecule has 3 N–H and O–H groups in total. The average Bonchev–Trinajstić information content (AvgIpc) is 2.56. The molecular formula is C19H22N2O2. The molecule has 2 aromatic rings. The molecule has 2 atom stereocenters. The normalized spacial score (nSPS) is 13.1. The van der Waals surface area contributed by atoms with Crippen LogP contribution in [0.3, 0.4) is 0 Å². The van der Waals surface area contributed by atoms with E-state index in [1.165, 1.54) is 6.92 Å². The fourth-order valence-corrected chi connectivity index (χ4v) is 2.39. The Morgan fingerprint density at radius 2 is 1.39 bits per heavy atom. The van der Waals surface area contributed by atoms with E-state index in [9.17, 15) is 9.59 Å². The van der Waals surface area contributed by atoms with E-state index < -0.39 is 12.1 Å². The second kappa shape index (κ2) is 8.25. The van der Waals surface area contributed by atoms with E-state index in [0.29, 0.717) is 12.8 Å². The number of carbonyl (C=O) groups excluding carboxylic acids is 2. The maximum absolute atomic E-state index is 12.3. The highest BCUT2D eigenvalue weighted by molar-refractivity contribution is 5.89. The molecule has 0 aromatic heterocycles. The maximum atomic E-state index is 12.3. The summed E-state index contributed by atoms with van der Waals surface area (Å²) in [6.07, 6.45) is 0.919. The molecule has 120 valence electrons. The van der Waals surface area contributed by atoms with Gasteiger partial charge in [-0.2, -0.15) is 0 Å². The van der Waals surface area contributed by atoms with Gasteiger partial charge in [0, 0.05) is 0 Å². The number of carbonyl (C=O) groups is 2. The van der Waals surface area contributed by atoms with Gasteiger partial charge in [0.2, 0.25) is 5.91 Å². The molecule has 4 heteroatoms. The standard InChI is InChI=1S/C19H22N2O2/c1-14(22)18(13-16-10-6-3-7-11-16)21-19(23)17(20)12-15-8-4-2-5-9-15/h2-11,17-18H,12-13,20H2,1H3,(H,21,23). The molecule has 2 rings (SSSR count). The second-order valence-corrected chi connectivity index (χ2v) is 5.66. The highest BCUT2D eigenvalue weighted by Gasteiger charge is 2.21. The summed E-state index contributed by atoms with van der Waals surface area (Å²) in [6, 6.07) is 18.0. The lowest BCUT2D eigenvalue weighted by Gasteiger charge is -2.19. The van der Waals surface area contributed by atoms with Crippen LogP contribution in [0.1, 0.15) is 18.1 Å². The second-order valence-electron chi connectivity index (χ2n) is 5.66. The van der Waals surface area contributed by atoms with Crippen molar-refractivity contribution in [1.29, 1.82) is 0 Å². The number of rotatable bonds is 7. The van der Waals surface area contributed by atoms with Gasteiger partial charge < -0.3 is 11.1 Å². The van der Waals surface area contributed by atoms with E-state index in [-0.39, 0.29) is 11.7 Å². The molecule has 0 bridgehead atoms. The first kappa shape index (κ1) is 16.9. The number of ketones is 1. The fourth-order valence-electron chi connectivity index (χ4n) is 2.39. The third-order valence-electron chi connectivity index (χ3n) is 3.73. The topological polar surface area (TPSA) is 72.2 Å². The van der Waals surface area contributed by atoms with Crippen LogP contribution in [0.5, 0.6) is 0 Å². The molecule has 0 fully saturated rings. The lowest BCUT2D eigenvalue weighted by atomic mass is 10.0. The van der Waals surface area contributed by atoms with Crippen molar-refractivity contribution >= 4 is 11.7 Å². The predicted molar refractivity (Wildman–Crippen MR) is 90.9 cm³/mol. The Hall–Kier alpha value is -2.46. The van der Waals surface area contributed by atoms with Gasteiger partial charge in [-0.25, -0.2) is 0 Å². The Morgan fingerprint density at radius 3 is 1.87 bits per heavy atom. The smallest absolute Gasteiger partial charge is 0.237 e. The molecule has 4 nitrogen and oxygen atoms in total. The molecule has 2 unspecified atom stereocenters. The van der Waals surface area contributed by atoms with Gasteiger partial charge in [-0.1, -0.05) is 60.7 Å². The Bertz CT molecular complexity index is 641. The number of hydrogen-bond donors (Lipinski definition) is 2. The zero-order chi connectivity index (χ0) is 16.7. The highest BCUT2D eigenvalue weighted by atomic mass is 16.2. The summed E-state index contributed by atoms with van der Waals surface area (Å²) in [6.45, 7) is 1.48. The van der Waals surface area contributed by atoms with Crippen LogP contribution >= 0.6 is 0 Å². The van der Waals surface area contributed by atoms with Crippen molar-refractivity contribution < 1.29 is 9.59 Å². The van der Waals surface area contributed by atoms with Crippen molar-refractivity contribution in [1.82, 2.24) is 5.32 Å². The van der Waals surface area contributed by atoms with Crippen molar-refractivity contribution in [3.8, 4) is 0 Å². The van der Waals surface area contributed by atoms with Crippen LogP contribution in [-0.4, -0.2) is 23.8 Å². The van der Waals surface area contributed by atoms with Gasteiger partial charge in [-0.3, -0.25) is 9.59 Å². The van der Waals surface area contributed by atoms with Gasteiger partial charge in [-0.15, -0.1) is 0 Å². The zero-order valence-electron chi connectivity index (χ0n) is 13.2. The van der Waals surface area contributed by atoms with E-state index in [2.05, 4.69) is 5.32 Å². The Balaban J connectivity index is 1.96. The molecule has 23 heavy (non-hydrogen) atoms. The highest BCUT2D eigenvalue weighted by Crippen LogP contribution is 2.06. The largest absolute Gasteiger partial charge is 0.345 e. The quantitative estimate of drug-likeness (QED) is 0.820. The van der Waals surface area contributed by atoms with Crippen LogP contribution in [0, 0.1) is 0 Å². The Morgan fingerprint density at radius 1 is 0.913 bits per heavy atom. The summed E-state index contributed by atoms with van der Waals surface area (Å²) in [5.74, 6) is -0.376. The van der Waals surface area contributed by atoms with E-state index >= 15 is 0 Å². The maximum Gasteiger partial charge on any atom is 0.237 e. The SMILES string of the molecule is CC(=O)C(Cc1ccccc1)NC(=O)C(N)Cc1ccccc1. The summed E-state index contributed by atoms with van der Waals surface area (Å²) in [7, 11) is 0. The van der Waals surface area contributed by atoms with Crippen LogP contribution in [0.2, 0.25) is 0 Å². The zero-order valence-corrected chi connectivity index (χ0v) is 13.2. The van der Waals surface area contributed by atoms with Crippen LogP contribution in [-0.2, 0) is 22.4 Å². The minimum absolute atomic E-state index is 0.0749. The van der Waals surface area contributed by atoms with Gasteiger partial charge in [0.15, 0.2) is 5.78 Å². The van der Waals surface area contributed by atoms with E-state index in [1.54, 1.807) is 0 Å². The molecule has 1 amide bonds. The van der Waals surface area contributed by atoms with E-state index in [1.807, 2.05) is 60.7 Å². The van der Waals surface area contributed by atoms with Crippen molar-refractivity contribution in [3.05, 3.63) is 71.8 Å². The third-order valence-corrected chi connectivity index (χ3v) is 3.73. The number of amides is 1. The van der Waals surface area contributed by atoms with Gasteiger partial charge in [0.25, 0.3) is 0 Å². The molecule has 0 spiro atoms. The lowest BCUT2D eigenvalue weighted by Crippen LogP contribution is -2.49. The van der Waals surface area contributed by atoms with Crippen LogP contribution < -0.4 is 11.1 Å². The first-order valence-electron chi connectivity index (χ1n) is 7.70. The van der Waals surface area contributed by atoms with Crippen LogP contribution in [0.25, 0.3) is 0 Å². The van der Waals surface area contributed by atoms with Gasteiger partial charge in [0.1, 0.15) is 0 Å². The van der Waals surface area contributed by atoms with Gasteiger partial charge in [0.05, 0.1) is 12.1 Å². The molecule has 0 saturated carbocycles. The van der Waals surface area contributed by atoms with Crippen molar-refractivity contribution in [2.24, 2.45) is 5.73 Å². The molecular weight excluding hydrogens is 288 g/mol. The minimum atomic E-state index is -0.671. The molecule has 0 heterocycles. The first-order chi connectivity index (χ1) is 11.1. The third kappa shape index (κ3) is 5.34. The van der Waals surface area contributed by atoms with Crippen LogP contribution in [0.4, 0.5) is 0 Å². The summed E-state index contributed by atoms with van der Waals surface area (Å²) < 4.78 is 0. The predicted octanol–water partition coefficient (Wildman–Crippen LogP) is 1.87. The Kier molecular flexibility index (Phi) is 6.06. The monoisotopic (exact) mass is 310 g/mol. The average molecular weight is 310 g/mol. The van der Waals surface area contributed by atoms with Crippen molar-refractivity contribution in [2.45, 2.75) is 31.8 Å². The molecule has 0 aliphatic rings. The Labute approximate surface area is 136 Å². The van der Waals surface area contributed by atoms with Crippen molar-refractivity contribution in [3.63, 3.8) is 0 Å². The van der Waals surface area contributed by atoms with Gasteiger partial charge in [-0.05, 0) is 30.9 Å². The summed E-state index contributed by atoms with van der Waals surface area (Å²) in [4.78, 5) is 24.1. The fraction of sp³-hybridized carbons (Fsp3) is 0.263. The molecule has 0 radical (unpaired) electrons. The molecule has 2 aromatic carbocycles. The number of Topliss-reactive ketones (excluding diaryl/α,β-unsaturated/α-hetero) is 1. The first-order valence-corrected chi connectivity index (χ1v) is 7.70. The van der Waals surface area contributed by atoms with E-state index in [0.717, 1.165) is 11.1 Å². The van der Waals surface area contributed by atoms with Crippen LogP contribution in [0.15, 0.2) is 60.7 Å².